The zero-order valence-corrected chi connectivity index (χ0v) is 23.0. The maximum absolute atomic E-state index is 14.2. The number of carboxylic acid groups (broad SMARTS) is 1. The van der Waals surface area contributed by atoms with Gasteiger partial charge in [0.2, 0.25) is 5.88 Å². The normalized spacial score (nSPS) is 17.4. The summed E-state index contributed by atoms with van der Waals surface area (Å²) in [5.41, 5.74) is 0.665. The molecule has 1 atom stereocenters. The molecular weight excluding hydrogens is 588 g/mol. The number of halogens is 5. The molecule has 0 spiro atoms. The van der Waals surface area contributed by atoms with Gasteiger partial charge in [-0.15, -0.1) is 11.3 Å². The molecule has 8 nitrogen and oxygen atoms in total. The van der Waals surface area contributed by atoms with Gasteiger partial charge in [-0.3, -0.25) is 4.90 Å². The lowest BCUT2D eigenvalue weighted by atomic mass is 10.0. The molecule has 2 aliphatic rings. The van der Waals surface area contributed by atoms with Gasteiger partial charge in [0, 0.05) is 30.3 Å². The number of aromatic nitrogens is 3. The molecule has 6 rings (SSSR count). The van der Waals surface area contributed by atoms with Crippen molar-refractivity contribution < 1.29 is 36.9 Å². The fourth-order valence-corrected chi connectivity index (χ4v) is 6.00. The summed E-state index contributed by atoms with van der Waals surface area (Å²) in [7, 11) is 0. The number of alkyl halides is 3. The molecule has 3 aromatic heterocycles. The summed E-state index contributed by atoms with van der Waals surface area (Å²) in [5.74, 6) is -1.61. The summed E-state index contributed by atoms with van der Waals surface area (Å²) >= 11 is 6.86. The second-order valence-electron chi connectivity index (χ2n) is 9.96. The minimum absolute atomic E-state index is 0.00838. The molecule has 0 saturated carbocycles. The fourth-order valence-electron chi connectivity index (χ4n) is 4.95. The first-order valence-corrected chi connectivity index (χ1v) is 14.0. The van der Waals surface area contributed by atoms with Gasteiger partial charge in [-0.2, -0.15) is 13.2 Å². The molecule has 0 aliphatic carbocycles. The Balaban J connectivity index is 1.25. The average Bonchev–Trinajstić information content (AvgIpc) is 3.43. The molecule has 1 aromatic carbocycles. The molecule has 0 amide bonds. The van der Waals surface area contributed by atoms with E-state index >= 15 is 0 Å². The van der Waals surface area contributed by atoms with Crippen LogP contribution in [0.5, 0.6) is 5.88 Å². The van der Waals surface area contributed by atoms with Gasteiger partial charge in [0.25, 0.3) is 0 Å². The third-order valence-electron chi connectivity index (χ3n) is 7.19. The van der Waals surface area contributed by atoms with Crippen molar-refractivity contribution in [3.8, 4) is 5.88 Å². The largest absolute Gasteiger partial charge is 0.477 e. The van der Waals surface area contributed by atoms with Crippen LogP contribution in [-0.2, 0) is 43.6 Å². The smallest absolute Gasteiger partial charge is 0.421 e. The summed E-state index contributed by atoms with van der Waals surface area (Å²) in [5, 5.41) is 9.57. The monoisotopic (exact) mass is 610 g/mol. The van der Waals surface area contributed by atoms with E-state index in [1.165, 1.54) is 12.1 Å². The number of fused-ring (bicyclic) bond motifs is 2. The third-order valence-corrected chi connectivity index (χ3v) is 8.43. The summed E-state index contributed by atoms with van der Waals surface area (Å²) in [4.78, 5) is 23.3. The minimum Gasteiger partial charge on any atom is -0.477 e. The van der Waals surface area contributed by atoms with Crippen molar-refractivity contribution in [3.63, 3.8) is 0 Å². The second kappa shape index (κ2) is 10.9. The van der Waals surface area contributed by atoms with Crippen molar-refractivity contribution in [1.82, 2.24) is 19.4 Å². The number of pyridine rings is 1. The lowest BCUT2D eigenvalue weighted by Crippen LogP contribution is -2.34. The highest BCUT2D eigenvalue weighted by Crippen LogP contribution is 2.38. The molecule has 4 aromatic rings. The van der Waals surface area contributed by atoms with Gasteiger partial charge in [0.05, 0.1) is 30.4 Å². The Hall–Kier alpha value is -3.26. The van der Waals surface area contributed by atoms with Crippen molar-refractivity contribution in [2.24, 2.45) is 0 Å². The Morgan fingerprint density at radius 2 is 2.05 bits per heavy atom. The maximum atomic E-state index is 14.2. The van der Waals surface area contributed by atoms with E-state index in [4.69, 9.17) is 26.1 Å². The van der Waals surface area contributed by atoms with E-state index in [-0.39, 0.29) is 28.1 Å². The zero-order valence-electron chi connectivity index (χ0n) is 21.4. The van der Waals surface area contributed by atoms with Gasteiger partial charge in [0.15, 0.2) is 0 Å². The van der Waals surface area contributed by atoms with Gasteiger partial charge in [-0.05, 0) is 42.7 Å². The molecule has 1 N–H and O–H groups in total. The average molecular weight is 611 g/mol. The maximum Gasteiger partial charge on any atom is 0.421 e. The van der Waals surface area contributed by atoms with E-state index in [0.29, 0.717) is 60.1 Å². The third kappa shape index (κ3) is 5.76. The number of aromatic carboxylic acids is 1. The fraction of sp³-hybridized carbons (Fsp3) is 0.370. The molecule has 14 heteroatoms. The van der Waals surface area contributed by atoms with Crippen molar-refractivity contribution in [1.29, 1.82) is 0 Å². The van der Waals surface area contributed by atoms with E-state index in [9.17, 15) is 27.5 Å². The van der Waals surface area contributed by atoms with Gasteiger partial charge in [-0.25, -0.2) is 19.2 Å². The van der Waals surface area contributed by atoms with Crippen LogP contribution in [0.15, 0.2) is 30.3 Å². The number of ether oxygens (including phenoxy) is 2. The lowest BCUT2D eigenvalue weighted by Gasteiger charge is -2.30. The SMILES string of the molecule is O=C(O)c1cc2c(nc(CN3CCc4cc(C(F)(F)F)c(OCc5ccc(Cl)cc5F)nc4C3)n2C[C@@H]2CCO2)s1. The number of thiophene rings is 1. The Kier molecular flexibility index (Phi) is 7.39. The van der Waals surface area contributed by atoms with Crippen molar-refractivity contribution in [2.45, 2.75) is 51.4 Å². The molecule has 2 aliphatic heterocycles. The first kappa shape index (κ1) is 27.9. The van der Waals surface area contributed by atoms with Crippen molar-refractivity contribution in [3.05, 3.63) is 74.3 Å². The number of rotatable bonds is 8. The van der Waals surface area contributed by atoms with Crippen molar-refractivity contribution in [2.75, 3.05) is 13.2 Å². The van der Waals surface area contributed by atoms with E-state index in [2.05, 4.69) is 4.98 Å². The summed E-state index contributed by atoms with van der Waals surface area (Å²) in [6, 6.07) is 6.52. The summed E-state index contributed by atoms with van der Waals surface area (Å²) < 4.78 is 68.9. The van der Waals surface area contributed by atoms with E-state index < -0.39 is 36.0 Å². The number of carboxylic acids is 1. The van der Waals surface area contributed by atoms with E-state index in [1.54, 1.807) is 6.07 Å². The van der Waals surface area contributed by atoms with Crippen LogP contribution in [0.4, 0.5) is 17.6 Å². The predicted octanol–water partition coefficient (Wildman–Crippen LogP) is 5.93. The van der Waals surface area contributed by atoms with Crippen LogP contribution < -0.4 is 4.74 Å². The van der Waals surface area contributed by atoms with Crippen molar-refractivity contribution >= 4 is 39.3 Å². The number of benzene rings is 1. The number of carbonyl (C=O) groups is 1. The number of nitrogens with zero attached hydrogens (tertiary/aromatic N) is 4. The van der Waals surface area contributed by atoms with Crippen LogP contribution in [-0.4, -0.2) is 49.8 Å². The van der Waals surface area contributed by atoms with Crippen LogP contribution in [0.1, 0.15) is 44.3 Å². The predicted molar refractivity (Wildman–Crippen MR) is 142 cm³/mol. The van der Waals surface area contributed by atoms with Crippen LogP contribution in [0.25, 0.3) is 10.3 Å². The molecule has 0 unspecified atom stereocenters. The Morgan fingerprint density at radius 3 is 2.73 bits per heavy atom. The highest BCUT2D eigenvalue weighted by atomic mass is 35.5. The Labute approximate surface area is 240 Å². The number of hydrogen-bond donors (Lipinski definition) is 1. The molecule has 216 valence electrons. The molecule has 0 bridgehead atoms. The summed E-state index contributed by atoms with van der Waals surface area (Å²) in [6.07, 6.45) is -3.47. The van der Waals surface area contributed by atoms with E-state index in [0.717, 1.165) is 29.9 Å². The first-order chi connectivity index (χ1) is 19.5. The van der Waals surface area contributed by atoms with Crippen LogP contribution in [0.2, 0.25) is 5.02 Å². The topological polar surface area (TPSA) is 89.7 Å². The number of hydrogen-bond acceptors (Lipinski definition) is 7. The standard InChI is InChI=1S/C27H23ClF4N4O4S/c28-16-2-1-15(19(29)8-16)13-40-24-18(27(30,31)32)7-14-3-5-35(11-20(14)33-24)12-23-34-25-21(9-22(41-25)26(37)38)36(23)10-17-4-6-39-17/h1-2,7-9,17H,3-6,10-13H2,(H,37,38)/t17-/m0/s1. The van der Waals surface area contributed by atoms with Gasteiger partial charge < -0.3 is 19.1 Å². The lowest BCUT2D eigenvalue weighted by molar-refractivity contribution is -0.139. The summed E-state index contributed by atoms with van der Waals surface area (Å²) in [6.45, 7) is 1.86. The molecular formula is C27H23ClF4N4O4S. The highest BCUT2D eigenvalue weighted by molar-refractivity contribution is 7.20. The quantitative estimate of drug-likeness (QED) is 0.247. The number of imidazole rings is 1. The molecule has 41 heavy (non-hydrogen) atoms. The molecule has 5 heterocycles. The van der Waals surface area contributed by atoms with Gasteiger partial charge in [-0.1, -0.05) is 17.7 Å². The van der Waals surface area contributed by atoms with Gasteiger partial charge in [0.1, 0.15) is 33.5 Å². The van der Waals surface area contributed by atoms with Crippen LogP contribution in [0.3, 0.4) is 0 Å². The van der Waals surface area contributed by atoms with Crippen LogP contribution in [0, 0.1) is 5.82 Å². The molecule has 0 radical (unpaired) electrons. The Morgan fingerprint density at radius 1 is 1.24 bits per heavy atom. The highest BCUT2D eigenvalue weighted by Gasteiger charge is 2.37. The van der Waals surface area contributed by atoms with E-state index in [1.807, 2.05) is 9.47 Å². The van der Waals surface area contributed by atoms with Crippen LogP contribution >= 0.6 is 22.9 Å². The molecule has 1 fully saturated rings. The molecule has 1 saturated heterocycles. The zero-order chi connectivity index (χ0) is 28.9. The first-order valence-electron chi connectivity index (χ1n) is 12.8. The Bertz CT molecular complexity index is 1640. The minimum atomic E-state index is -4.71. The van der Waals surface area contributed by atoms with Gasteiger partial charge >= 0.3 is 12.1 Å². The second-order valence-corrected chi connectivity index (χ2v) is 11.4.